The molecule has 0 saturated heterocycles. The van der Waals surface area contributed by atoms with E-state index < -0.39 is 6.10 Å². The van der Waals surface area contributed by atoms with Crippen molar-refractivity contribution in [3.8, 4) is 0 Å². The molecule has 1 heterocycles. The van der Waals surface area contributed by atoms with Gasteiger partial charge in [-0.25, -0.2) is 0 Å². The van der Waals surface area contributed by atoms with Gasteiger partial charge in [-0.2, -0.15) is 5.10 Å². The van der Waals surface area contributed by atoms with Crippen molar-refractivity contribution in [1.29, 1.82) is 0 Å². The van der Waals surface area contributed by atoms with Crippen molar-refractivity contribution in [3.05, 3.63) is 53.3 Å². The van der Waals surface area contributed by atoms with Crippen LogP contribution in [0.5, 0.6) is 0 Å². The first-order chi connectivity index (χ1) is 10.1. The average molecular weight is 287 g/mol. The van der Waals surface area contributed by atoms with E-state index in [-0.39, 0.29) is 0 Å². The molecule has 4 nitrogen and oxygen atoms in total. The van der Waals surface area contributed by atoms with Gasteiger partial charge in [0.25, 0.3) is 0 Å². The lowest BCUT2D eigenvalue weighted by atomic mass is 10.1. The Balaban J connectivity index is 1.94. The van der Waals surface area contributed by atoms with Gasteiger partial charge < -0.3 is 5.11 Å². The average Bonchev–Trinajstić information content (AvgIpc) is 2.81. The van der Waals surface area contributed by atoms with Gasteiger partial charge in [0.05, 0.1) is 12.3 Å². The Morgan fingerprint density at radius 1 is 1.29 bits per heavy atom. The van der Waals surface area contributed by atoms with Gasteiger partial charge >= 0.3 is 0 Å². The molecule has 1 aromatic carbocycles. The summed E-state index contributed by atoms with van der Waals surface area (Å²) in [5, 5.41) is 14.7. The number of nitrogens with zero attached hydrogens (tertiary/aromatic N) is 3. The van der Waals surface area contributed by atoms with E-state index in [4.69, 9.17) is 0 Å². The van der Waals surface area contributed by atoms with Crippen molar-refractivity contribution in [2.75, 3.05) is 13.6 Å². The standard InChI is InChI=1S/C17H25N3O/c1-4-10-20-14(2)16(11-18-20)12-19(3)13-17(21)15-8-6-5-7-9-15/h5-9,11,17,21H,4,10,12-13H2,1-3H3/t17-/m1/s1. The summed E-state index contributed by atoms with van der Waals surface area (Å²) in [6, 6.07) is 9.80. The van der Waals surface area contributed by atoms with Crippen LogP contribution in [0.4, 0.5) is 0 Å². The number of aromatic nitrogens is 2. The van der Waals surface area contributed by atoms with E-state index in [9.17, 15) is 5.11 Å². The number of aliphatic hydroxyl groups is 1. The first-order valence-electron chi connectivity index (χ1n) is 7.54. The van der Waals surface area contributed by atoms with Crippen LogP contribution in [-0.4, -0.2) is 33.4 Å². The summed E-state index contributed by atoms with van der Waals surface area (Å²) >= 11 is 0. The summed E-state index contributed by atoms with van der Waals surface area (Å²) in [5.41, 5.74) is 3.41. The summed E-state index contributed by atoms with van der Waals surface area (Å²) < 4.78 is 2.05. The molecular formula is C17H25N3O. The first kappa shape index (κ1) is 15.7. The molecule has 4 heteroatoms. The second-order valence-electron chi connectivity index (χ2n) is 5.60. The Hall–Kier alpha value is -1.65. The molecule has 21 heavy (non-hydrogen) atoms. The lowest BCUT2D eigenvalue weighted by Crippen LogP contribution is -2.24. The molecule has 0 aliphatic carbocycles. The molecule has 0 spiro atoms. The molecule has 114 valence electrons. The fourth-order valence-electron chi connectivity index (χ4n) is 2.51. The van der Waals surface area contributed by atoms with Gasteiger partial charge in [-0.05, 0) is 26.0 Å². The van der Waals surface area contributed by atoms with Crippen LogP contribution >= 0.6 is 0 Å². The number of rotatable bonds is 7. The Kier molecular flexibility index (Phi) is 5.53. The summed E-state index contributed by atoms with van der Waals surface area (Å²) in [4.78, 5) is 2.14. The van der Waals surface area contributed by atoms with Crippen LogP contribution in [0.25, 0.3) is 0 Å². The minimum absolute atomic E-state index is 0.456. The lowest BCUT2D eigenvalue weighted by molar-refractivity contribution is 0.123. The van der Waals surface area contributed by atoms with Crippen LogP contribution in [0.3, 0.4) is 0 Å². The van der Waals surface area contributed by atoms with E-state index in [1.165, 1.54) is 11.3 Å². The van der Waals surface area contributed by atoms with Crippen molar-refractivity contribution >= 4 is 0 Å². The van der Waals surface area contributed by atoms with E-state index in [2.05, 4.69) is 28.5 Å². The fraction of sp³-hybridized carbons (Fsp3) is 0.471. The maximum atomic E-state index is 10.3. The molecule has 0 amide bonds. The van der Waals surface area contributed by atoms with Crippen LogP contribution in [0.1, 0.15) is 36.3 Å². The molecule has 0 unspecified atom stereocenters. The Morgan fingerprint density at radius 3 is 2.67 bits per heavy atom. The summed E-state index contributed by atoms with van der Waals surface area (Å²) in [6.45, 7) is 6.65. The zero-order valence-electron chi connectivity index (χ0n) is 13.2. The Bertz CT molecular complexity index is 550. The van der Waals surface area contributed by atoms with Crippen LogP contribution in [0.2, 0.25) is 0 Å². The van der Waals surface area contributed by atoms with Crippen molar-refractivity contribution in [2.45, 2.75) is 39.5 Å². The molecular weight excluding hydrogens is 262 g/mol. The molecule has 1 atom stereocenters. The quantitative estimate of drug-likeness (QED) is 0.851. The highest BCUT2D eigenvalue weighted by Crippen LogP contribution is 2.16. The monoisotopic (exact) mass is 287 g/mol. The topological polar surface area (TPSA) is 41.3 Å². The van der Waals surface area contributed by atoms with Gasteiger partial charge in [0.2, 0.25) is 0 Å². The number of likely N-dealkylation sites (N-methyl/N-ethyl adjacent to an activating group) is 1. The normalized spacial score (nSPS) is 12.8. The van der Waals surface area contributed by atoms with E-state index >= 15 is 0 Å². The maximum Gasteiger partial charge on any atom is 0.0916 e. The van der Waals surface area contributed by atoms with Crippen molar-refractivity contribution < 1.29 is 5.11 Å². The summed E-state index contributed by atoms with van der Waals surface area (Å²) in [6.07, 6.45) is 2.57. The number of benzene rings is 1. The third kappa shape index (κ3) is 4.16. The molecule has 0 fully saturated rings. The third-order valence-electron chi connectivity index (χ3n) is 3.75. The maximum absolute atomic E-state index is 10.3. The second kappa shape index (κ2) is 7.38. The highest BCUT2D eigenvalue weighted by Gasteiger charge is 2.13. The minimum Gasteiger partial charge on any atom is -0.387 e. The highest BCUT2D eigenvalue weighted by atomic mass is 16.3. The van der Waals surface area contributed by atoms with E-state index in [0.717, 1.165) is 25.1 Å². The highest BCUT2D eigenvalue weighted by molar-refractivity contribution is 5.18. The van der Waals surface area contributed by atoms with Crippen LogP contribution in [0.15, 0.2) is 36.5 Å². The molecule has 0 aliphatic heterocycles. The van der Waals surface area contributed by atoms with Gasteiger partial charge in [-0.1, -0.05) is 37.3 Å². The van der Waals surface area contributed by atoms with Crippen molar-refractivity contribution in [1.82, 2.24) is 14.7 Å². The van der Waals surface area contributed by atoms with Gasteiger partial charge in [-0.15, -0.1) is 0 Å². The molecule has 2 rings (SSSR count). The SMILES string of the molecule is CCCn1ncc(CN(C)C[C@@H](O)c2ccccc2)c1C. The fourth-order valence-corrected chi connectivity index (χ4v) is 2.51. The predicted molar refractivity (Wildman–Crippen MR) is 85.0 cm³/mol. The Morgan fingerprint density at radius 2 is 2.00 bits per heavy atom. The summed E-state index contributed by atoms with van der Waals surface area (Å²) in [7, 11) is 2.03. The van der Waals surface area contributed by atoms with E-state index in [0.29, 0.717) is 6.54 Å². The van der Waals surface area contributed by atoms with E-state index in [1.54, 1.807) is 0 Å². The molecule has 0 saturated carbocycles. The first-order valence-corrected chi connectivity index (χ1v) is 7.54. The van der Waals surface area contributed by atoms with Gasteiger partial charge in [0.1, 0.15) is 0 Å². The minimum atomic E-state index is -0.456. The van der Waals surface area contributed by atoms with Crippen LogP contribution in [0, 0.1) is 6.92 Å². The third-order valence-corrected chi connectivity index (χ3v) is 3.75. The van der Waals surface area contributed by atoms with Crippen LogP contribution < -0.4 is 0 Å². The van der Waals surface area contributed by atoms with Crippen molar-refractivity contribution in [2.24, 2.45) is 0 Å². The second-order valence-corrected chi connectivity index (χ2v) is 5.60. The smallest absolute Gasteiger partial charge is 0.0916 e. The molecule has 0 bridgehead atoms. The van der Waals surface area contributed by atoms with Crippen molar-refractivity contribution in [3.63, 3.8) is 0 Å². The number of aliphatic hydroxyl groups excluding tert-OH is 1. The largest absolute Gasteiger partial charge is 0.387 e. The molecule has 2 aromatic rings. The number of hydrogen-bond donors (Lipinski definition) is 1. The Labute approximate surface area is 127 Å². The number of hydrogen-bond acceptors (Lipinski definition) is 3. The van der Waals surface area contributed by atoms with Crippen LogP contribution in [-0.2, 0) is 13.1 Å². The predicted octanol–water partition coefficient (Wildman–Crippen LogP) is 2.77. The number of aryl methyl sites for hydroxylation is 1. The zero-order valence-corrected chi connectivity index (χ0v) is 13.2. The molecule has 1 N–H and O–H groups in total. The van der Waals surface area contributed by atoms with Gasteiger partial charge in [0, 0.05) is 30.9 Å². The van der Waals surface area contributed by atoms with E-state index in [1.807, 2.05) is 43.6 Å². The zero-order chi connectivity index (χ0) is 15.2. The molecule has 0 aliphatic rings. The summed E-state index contributed by atoms with van der Waals surface area (Å²) in [5.74, 6) is 0. The van der Waals surface area contributed by atoms with Gasteiger partial charge in [-0.3, -0.25) is 9.58 Å². The lowest BCUT2D eigenvalue weighted by Gasteiger charge is -2.20. The molecule has 0 radical (unpaired) electrons. The molecule has 1 aromatic heterocycles. The van der Waals surface area contributed by atoms with Gasteiger partial charge in [0.15, 0.2) is 0 Å².